The van der Waals surface area contributed by atoms with Gasteiger partial charge in [-0.05, 0) is 31.5 Å². The minimum Gasteiger partial charge on any atom is -0.463 e. The molecule has 0 unspecified atom stereocenters. The Morgan fingerprint density at radius 1 is 1.53 bits per heavy atom. The van der Waals surface area contributed by atoms with Gasteiger partial charge in [-0.3, -0.25) is 0 Å². The quantitative estimate of drug-likeness (QED) is 0.632. The third-order valence-electron chi connectivity index (χ3n) is 2.14. The highest BCUT2D eigenvalue weighted by molar-refractivity contribution is 5.81. The molecule has 0 fully saturated rings. The van der Waals surface area contributed by atoms with E-state index >= 15 is 0 Å². The van der Waals surface area contributed by atoms with E-state index in [2.05, 4.69) is 5.32 Å². The lowest BCUT2D eigenvalue weighted by molar-refractivity contribution is -0.137. The molecule has 0 aliphatic carbocycles. The Hall–Kier alpha value is -1.84. The van der Waals surface area contributed by atoms with E-state index in [1.807, 2.05) is 0 Å². The lowest BCUT2D eigenvalue weighted by Crippen LogP contribution is -2.02. The van der Waals surface area contributed by atoms with Gasteiger partial charge >= 0.3 is 5.97 Å². The number of ether oxygens (including phenoxy) is 1. The summed E-state index contributed by atoms with van der Waals surface area (Å²) in [5.74, 6) is -0.617. The topological polar surface area (TPSA) is 38.3 Å². The summed E-state index contributed by atoms with van der Waals surface area (Å²) < 4.78 is 17.9. The zero-order valence-corrected chi connectivity index (χ0v) is 10.00. The van der Waals surface area contributed by atoms with Gasteiger partial charge in [-0.15, -0.1) is 0 Å². The fourth-order valence-corrected chi connectivity index (χ4v) is 1.23. The van der Waals surface area contributed by atoms with Gasteiger partial charge in [-0.25, -0.2) is 9.18 Å². The van der Waals surface area contributed by atoms with Gasteiger partial charge in [0.15, 0.2) is 0 Å². The minimum atomic E-state index is -0.371. The first-order valence-corrected chi connectivity index (χ1v) is 5.46. The summed E-state index contributed by atoms with van der Waals surface area (Å²) in [6, 6.07) is 4.91. The summed E-state index contributed by atoms with van der Waals surface area (Å²) in [7, 11) is 0. The molecule has 3 nitrogen and oxygen atoms in total. The highest BCUT2D eigenvalue weighted by atomic mass is 19.1. The summed E-state index contributed by atoms with van der Waals surface area (Å²) in [5, 5.41) is 2.98. The summed E-state index contributed by atoms with van der Waals surface area (Å²) >= 11 is 0. The molecule has 0 spiro atoms. The van der Waals surface area contributed by atoms with E-state index < -0.39 is 0 Å². The first kappa shape index (κ1) is 13.2. The third-order valence-corrected chi connectivity index (χ3v) is 2.14. The van der Waals surface area contributed by atoms with Crippen LogP contribution in [-0.2, 0) is 9.53 Å². The van der Waals surface area contributed by atoms with E-state index in [0.29, 0.717) is 24.4 Å². The highest BCUT2D eigenvalue weighted by Gasteiger charge is 1.98. The molecular weight excluding hydrogens is 221 g/mol. The van der Waals surface area contributed by atoms with E-state index in [-0.39, 0.29) is 11.8 Å². The van der Waals surface area contributed by atoms with Crippen LogP contribution in [-0.4, -0.2) is 19.1 Å². The molecule has 1 N–H and O–H groups in total. The summed E-state index contributed by atoms with van der Waals surface area (Å²) in [4.78, 5) is 11.0. The van der Waals surface area contributed by atoms with Crippen LogP contribution in [0.1, 0.15) is 12.5 Å². The Morgan fingerprint density at radius 3 is 2.94 bits per heavy atom. The number of carbonyl (C=O) groups excluding carboxylic acids is 1. The molecule has 0 radical (unpaired) electrons. The number of nitrogens with one attached hydrogen (secondary N) is 1. The van der Waals surface area contributed by atoms with E-state index in [1.54, 1.807) is 32.1 Å². The second-order valence-electron chi connectivity index (χ2n) is 3.50. The Labute approximate surface area is 100 Å². The molecule has 92 valence electrons. The van der Waals surface area contributed by atoms with Crippen molar-refractivity contribution in [2.45, 2.75) is 13.8 Å². The van der Waals surface area contributed by atoms with E-state index in [9.17, 15) is 9.18 Å². The van der Waals surface area contributed by atoms with Crippen molar-refractivity contribution >= 4 is 11.7 Å². The predicted molar refractivity (Wildman–Crippen MR) is 65.4 cm³/mol. The molecule has 0 aliphatic heterocycles. The summed E-state index contributed by atoms with van der Waals surface area (Å²) in [5.41, 5.74) is 1.29. The van der Waals surface area contributed by atoms with Crippen molar-refractivity contribution in [3.05, 3.63) is 41.7 Å². The predicted octanol–water partition coefficient (Wildman–Crippen LogP) is 2.67. The van der Waals surface area contributed by atoms with Gasteiger partial charge in [0, 0.05) is 18.3 Å². The second kappa shape index (κ2) is 6.68. The van der Waals surface area contributed by atoms with Gasteiger partial charge in [0.1, 0.15) is 5.82 Å². The standard InChI is InChI=1S/C13H16FNO2/c1-3-17-13(16)5-4-8-15-11-7-6-10(2)12(14)9-11/h4-7,9,15H,3,8H2,1-2H3/b5-4+. The van der Waals surface area contributed by atoms with Crippen molar-refractivity contribution in [3.63, 3.8) is 0 Å². The molecule has 0 aromatic heterocycles. The maximum Gasteiger partial charge on any atom is 0.330 e. The van der Waals surface area contributed by atoms with E-state index in [1.165, 1.54) is 12.1 Å². The van der Waals surface area contributed by atoms with Crippen LogP contribution in [0.25, 0.3) is 0 Å². The lowest BCUT2D eigenvalue weighted by Gasteiger charge is -2.04. The number of hydrogen-bond acceptors (Lipinski definition) is 3. The smallest absolute Gasteiger partial charge is 0.330 e. The van der Waals surface area contributed by atoms with Crippen LogP contribution in [0.15, 0.2) is 30.4 Å². The van der Waals surface area contributed by atoms with Crippen molar-refractivity contribution in [3.8, 4) is 0 Å². The molecular formula is C13H16FNO2. The minimum absolute atomic E-state index is 0.246. The molecule has 0 aliphatic rings. The molecule has 0 atom stereocenters. The third kappa shape index (κ3) is 4.68. The maximum absolute atomic E-state index is 13.2. The zero-order chi connectivity index (χ0) is 12.7. The van der Waals surface area contributed by atoms with Gasteiger partial charge < -0.3 is 10.1 Å². The largest absolute Gasteiger partial charge is 0.463 e. The average Bonchev–Trinajstić information content (AvgIpc) is 2.29. The molecule has 1 aromatic carbocycles. The number of aryl methyl sites for hydroxylation is 1. The average molecular weight is 237 g/mol. The summed E-state index contributed by atoms with van der Waals surface area (Å²) in [6.45, 7) is 4.26. The maximum atomic E-state index is 13.2. The molecule has 0 amide bonds. The molecule has 0 heterocycles. The number of benzene rings is 1. The Balaban J connectivity index is 2.40. The highest BCUT2D eigenvalue weighted by Crippen LogP contribution is 2.12. The Morgan fingerprint density at radius 2 is 2.29 bits per heavy atom. The van der Waals surface area contributed by atoms with Crippen molar-refractivity contribution < 1.29 is 13.9 Å². The monoisotopic (exact) mass is 237 g/mol. The second-order valence-corrected chi connectivity index (χ2v) is 3.50. The van der Waals surface area contributed by atoms with Crippen molar-refractivity contribution in [1.29, 1.82) is 0 Å². The van der Waals surface area contributed by atoms with Gasteiger partial charge in [0.25, 0.3) is 0 Å². The molecule has 1 rings (SSSR count). The number of carbonyl (C=O) groups is 1. The van der Waals surface area contributed by atoms with Crippen molar-refractivity contribution in [2.24, 2.45) is 0 Å². The SMILES string of the molecule is CCOC(=O)/C=C/CNc1ccc(C)c(F)c1. The number of esters is 1. The molecule has 0 bridgehead atoms. The molecule has 1 aromatic rings. The van der Waals surface area contributed by atoms with Crippen LogP contribution in [0.3, 0.4) is 0 Å². The Bertz CT molecular complexity index is 416. The number of anilines is 1. The number of halogens is 1. The van der Waals surface area contributed by atoms with Crippen molar-refractivity contribution in [2.75, 3.05) is 18.5 Å². The Kier molecular flexibility index (Phi) is 5.20. The van der Waals surface area contributed by atoms with Gasteiger partial charge in [-0.2, -0.15) is 0 Å². The van der Waals surface area contributed by atoms with Crippen LogP contribution in [0.4, 0.5) is 10.1 Å². The van der Waals surface area contributed by atoms with Crippen LogP contribution in [0.5, 0.6) is 0 Å². The molecule has 0 saturated heterocycles. The molecule has 17 heavy (non-hydrogen) atoms. The van der Waals surface area contributed by atoms with Gasteiger partial charge in [-0.1, -0.05) is 12.1 Å². The number of hydrogen-bond donors (Lipinski definition) is 1. The molecule has 0 saturated carbocycles. The van der Waals surface area contributed by atoms with Gasteiger partial charge in [0.2, 0.25) is 0 Å². The van der Waals surface area contributed by atoms with Crippen LogP contribution >= 0.6 is 0 Å². The van der Waals surface area contributed by atoms with Crippen LogP contribution in [0, 0.1) is 12.7 Å². The fraction of sp³-hybridized carbons (Fsp3) is 0.308. The summed E-state index contributed by atoms with van der Waals surface area (Å²) in [6.07, 6.45) is 2.98. The zero-order valence-electron chi connectivity index (χ0n) is 10.00. The molecule has 4 heteroatoms. The van der Waals surface area contributed by atoms with E-state index in [4.69, 9.17) is 4.74 Å². The lowest BCUT2D eigenvalue weighted by atomic mass is 10.2. The van der Waals surface area contributed by atoms with Crippen LogP contribution in [0.2, 0.25) is 0 Å². The first-order chi connectivity index (χ1) is 8.13. The normalized spacial score (nSPS) is 10.5. The van der Waals surface area contributed by atoms with Crippen LogP contribution < -0.4 is 5.32 Å². The van der Waals surface area contributed by atoms with Crippen molar-refractivity contribution in [1.82, 2.24) is 0 Å². The van der Waals surface area contributed by atoms with E-state index in [0.717, 1.165) is 0 Å². The number of rotatable bonds is 5. The van der Waals surface area contributed by atoms with Gasteiger partial charge in [0.05, 0.1) is 6.61 Å². The first-order valence-electron chi connectivity index (χ1n) is 5.46. The fourth-order valence-electron chi connectivity index (χ4n) is 1.23.